The van der Waals surface area contributed by atoms with Crippen LogP contribution in [-0.2, 0) is 24.2 Å². The van der Waals surface area contributed by atoms with Crippen LogP contribution in [0.4, 0.5) is 6.01 Å². The molecule has 4 heterocycles. The SMILES string of the molecule is CC1CCc2c(sc3nc(SCC(=O)Nc4nnc(C(C)C)o4)n(Cc4ccco4)c(=O)c23)C1. The van der Waals surface area contributed by atoms with Crippen LogP contribution in [0.2, 0.25) is 0 Å². The number of amides is 1. The van der Waals surface area contributed by atoms with Crippen LogP contribution in [0, 0.1) is 5.92 Å². The van der Waals surface area contributed by atoms with Gasteiger partial charge in [0.2, 0.25) is 11.8 Å². The fourth-order valence-corrected chi connectivity index (χ4v) is 6.24. The first-order valence-corrected chi connectivity index (χ1v) is 13.0. The van der Waals surface area contributed by atoms with Crippen LogP contribution >= 0.6 is 23.1 Å². The predicted molar refractivity (Wildman–Crippen MR) is 131 cm³/mol. The molecule has 34 heavy (non-hydrogen) atoms. The van der Waals surface area contributed by atoms with Gasteiger partial charge in [-0.3, -0.25) is 19.5 Å². The summed E-state index contributed by atoms with van der Waals surface area (Å²) in [5.41, 5.74) is 1.05. The standard InChI is InChI=1S/C23H25N5O4S2/c1-12(2)19-26-27-22(32-19)24-17(29)11-33-23-25-20-18(15-7-6-13(3)9-16(15)34-20)21(30)28(23)10-14-5-4-8-31-14/h4-5,8,12-13H,6-7,9-11H2,1-3H3,(H,24,27,29). The first kappa shape index (κ1) is 22.9. The van der Waals surface area contributed by atoms with Crippen LogP contribution < -0.4 is 10.9 Å². The van der Waals surface area contributed by atoms with E-state index in [2.05, 4.69) is 22.4 Å². The number of nitrogens with zero attached hydrogens (tertiary/aromatic N) is 4. The molecule has 0 saturated heterocycles. The smallest absolute Gasteiger partial charge is 0.322 e. The molecule has 1 amide bonds. The molecule has 5 rings (SSSR count). The Labute approximate surface area is 204 Å². The molecule has 1 atom stereocenters. The van der Waals surface area contributed by atoms with E-state index in [9.17, 15) is 9.59 Å². The van der Waals surface area contributed by atoms with Crippen molar-refractivity contribution in [1.29, 1.82) is 0 Å². The monoisotopic (exact) mass is 499 g/mol. The Morgan fingerprint density at radius 1 is 1.38 bits per heavy atom. The van der Waals surface area contributed by atoms with Gasteiger partial charge in [-0.05, 0) is 42.9 Å². The number of carbonyl (C=O) groups excluding carboxylic acids is 1. The average Bonchev–Trinajstić information content (AvgIpc) is 3.54. The van der Waals surface area contributed by atoms with E-state index in [1.54, 1.807) is 28.2 Å². The highest BCUT2D eigenvalue weighted by Gasteiger charge is 2.25. The van der Waals surface area contributed by atoms with Crippen molar-refractivity contribution < 1.29 is 13.6 Å². The molecule has 0 fully saturated rings. The number of hydrogen-bond donors (Lipinski definition) is 1. The third-order valence-electron chi connectivity index (χ3n) is 5.79. The van der Waals surface area contributed by atoms with Gasteiger partial charge in [0.05, 0.1) is 23.9 Å². The van der Waals surface area contributed by atoms with Crippen LogP contribution in [0.3, 0.4) is 0 Å². The van der Waals surface area contributed by atoms with Crippen molar-refractivity contribution in [2.24, 2.45) is 5.92 Å². The van der Waals surface area contributed by atoms with E-state index in [4.69, 9.17) is 13.8 Å². The molecule has 1 unspecified atom stereocenters. The molecule has 4 aromatic heterocycles. The van der Waals surface area contributed by atoms with Crippen molar-refractivity contribution in [2.45, 2.75) is 57.7 Å². The Morgan fingerprint density at radius 3 is 2.97 bits per heavy atom. The molecule has 178 valence electrons. The van der Waals surface area contributed by atoms with E-state index in [0.717, 1.165) is 29.7 Å². The van der Waals surface area contributed by atoms with Crippen molar-refractivity contribution in [1.82, 2.24) is 19.7 Å². The molecule has 0 spiro atoms. The number of thioether (sulfide) groups is 1. The zero-order valence-electron chi connectivity index (χ0n) is 19.2. The second kappa shape index (κ2) is 9.38. The Balaban J connectivity index is 1.43. The first-order valence-electron chi connectivity index (χ1n) is 11.2. The van der Waals surface area contributed by atoms with Crippen molar-refractivity contribution in [2.75, 3.05) is 11.1 Å². The number of fused-ring (bicyclic) bond motifs is 3. The summed E-state index contributed by atoms with van der Waals surface area (Å²) in [6.07, 6.45) is 4.52. The minimum absolute atomic E-state index is 0.0393. The van der Waals surface area contributed by atoms with Gasteiger partial charge in [-0.1, -0.05) is 37.6 Å². The van der Waals surface area contributed by atoms with E-state index >= 15 is 0 Å². The van der Waals surface area contributed by atoms with E-state index in [-0.39, 0.29) is 35.7 Å². The first-order chi connectivity index (χ1) is 16.4. The molecule has 9 nitrogen and oxygen atoms in total. The van der Waals surface area contributed by atoms with Crippen molar-refractivity contribution >= 4 is 45.2 Å². The normalized spacial score (nSPS) is 15.7. The highest BCUT2D eigenvalue weighted by Crippen LogP contribution is 2.36. The number of nitrogens with one attached hydrogen (secondary N) is 1. The lowest BCUT2D eigenvalue weighted by Gasteiger charge is -2.17. The van der Waals surface area contributed by atoms with E-state index in [1.165, 1.54) is 16.6 Å². The van der Waals surface area contributed by atoms with Crippen LogP contribution in [0.1, 0.15) is 55.2 Å². The minimum atomic E-state index is -0.317. The van der Waals surface area contributed by atoms with Gasteiger partial charge in [-0.15, -0.1) is 16.4 Å². The molecule has 0 bridgehead atoms. The summed E-state index contributed by atoms with van der Waals surface area (Å²) in [7, 11) is 0. The van der Waals surface area contributed by atoms with Crippen LogP contribution in [0.15, 0.2) is 37.2 Å². The average molecular weight is 500 g/mol. The predicted octanol–water partition coefficient (Wildman–Crippen LogP) is 4.46. The number of furan rings is 1. The fourth-order valence-electron chi connectivity index (χ4n) is 4.02. The molecule has 1 N–H and O–H groups in total. The number of carbonyl (C=O) groups is 1. The van der Waals surface area contributed by atoms with Gasteiger partial charge in [0, 0.05) is 10.8 Å². The zero-order chi connectivity index (χ0) is 23.8. The third kappa shape index (κ3) is 4.54. The third-order valence-corrected chi connectivity index (χ3v) is 7.91. The number of aromatic nitrogens is 4. The maximum absolute atomic E-state index is 13.6. The van der Waals surface area contributed by atoms with Gasteiger partial charge in [-0.2, -0.15) is 0 Å². The van der Waals surface area contributed by atoms with Gasteiger partial charge in [0.25, 0.3) is 5.56 Å². The molecule has 1 aliphatic carbocycles. The molecule has 0 radical (unpaired) electrons. The largest absolute Gasteiger partial charge is 0.467 e. The zero-order valence-corrected chi connectivity index (χ0v) is 20.8. The summed E-state index contributed by atoms with van der Waals surface area (Å²) >= 11 is 2.80. The lowest BCUT2D eigenvalue weighted by Crippen LogP contribution is -2.25. The van der Waals surface area contributed by atoms with Crippen molar-refractivity contribution in [3.8, 4) is 0 Å². The summed E-state index contributed by atoms with van der Waals surface area (Å²) in [5, 5.41) is 11.6. The number of rotatable bonds is 7. The Morgan fingerprint density at radius 2 is 2.24 bits per heavy atom. The van der Waals surface area contributed by atoms with Gasteiger partial charge < -0.3 is 8.83 Å². The lowest BCUT2D eigenvalue weighted by atomic mass is 9.89. The maximum Gasteiger partial charge on any atom is 0.322 e. The molecular weight excluding hydrogens is 474 g/mol. The number of anilines is 1. The summed E-state index contributed by atoms with van der Waals surface area (Å²) in [5.74, 6) is 1.50. The van der Waals surface area contributed by atoms with Crippen LogP contribution in [-0.4, -0.2) is 31.4 Å². The minimum Gasteiger partial charge on any atom is -0.467 e. The van der Waals surface area contributed by atoms with Gasteiger partial charge in [0.15, 0.2) is 5.16 Å². The Kier molecular flexibility index (Phi) is 6.30. The van der Waals surface area contributed by atoms with Crippen LogP contribution in [0.25, 0.3) is 10.2 Å². The summed E-state index contributed by atoms with van der Waals surface area (Å²) in [6, 6.07) is 3.67. The molecule has 0 aliphatic heterocycles. The molecular formula is C23H25N5O4S2. The summed E-state index contributed by atoms with van der Waals surface area (Å²) in [4.78, 5) is 33.0. The quantitative estimate of drug-likeness (QED) is 0.293. The topological polar surface area (TPSA) is 116 Å². The summed E-state index contributed by atoms with van der Waals surface area (Å²) in [6.45, 7) is 6.35. The van der Waals surface area contributed by atoms with Gasteiger partial charge in [-0.25, -0.2) is 4.98 Å². The highest BCUT2D eigenvalue weighted by atomic mass is 32.2. The van der Waals surface area contributed by atoms with Crippen LogP contribution in [0.5, 0.6) is 0 Å². The molecule has 0 aromatic carbocycles. The van der Waals surface area contributed by atoms with Crippen molar-refractivity contribution in [3.63, 3.8) is 0 Å². The number of thiophene rings is 1. The van der Waals surface area contributed by atoms with E-state index < -0.39 is 0 Å². The Hall–Kier alpha value is -2.92. The molecule has 4 aromatic rings. The Bertz CT molecular complexity index is 1390. The highest BCUT2D eigenvalue weighted by molar-refractivity contribution is 7.99. The fraction of sp³-hybridized carbons (Fsp3) is 0.435. The molecule has 11 heteroatoms. The lowest BCUT2D eigenvalue weighted by molar-refractivity contribution is -0.113. The second-order valence-corrected chi connectivity index (χ2v) is 10.9. The second-order valence-electron chi connectivity index (χ2n) is 8.83. The van der Waals surface area contributed by atoms with Gasteiger partial charge >= 0.3 is 6.01 Å². The van der Waals surface area contributed by atoms with Gasteiger partial charge in [0.1, 0.15) is 10.6 Å². The number of aryl methyl sites for hydroxylation is 1. The molecule has 0 saturated carbocycles. The molecule has 1 aliphatic rings. The number of hydrogen-bond acceptors (Lipinski definition) is 9. The maximum atomic E-state index is 13.6. The van der Waals surface area contributed by atoms with Crippen molar-refractivity contribution in [3.05, 3.63) is 50.8 Å². The van der Waals surface area contributed by atoms with E-state index in [0.29, 0.717) is 28.1 Å². The summed E-state index contributed by atoms with van der Waals surface area (Å²) < 4.78 is 12.5. The van der Waals surface area contributed by atoms with E-state index in [1.807, 2.05) is 19.9 Å².